The minimum absolute atomic E-state index is 0.178. The van der Waals surface area contributed by atoms with Gasteiger partial charge < -0.3 is 14.6 Å². The lowest BCUT2D eigenvalue weighted by Crippen LogP contribution is -2.24. The molecule has 0 aliphatic heterocycles. The topological polar surface area (TPSA) is 72.8 Å². The van der Waals surface area contributed by atoms with E-state index in [1.807, 2.05) is 6.92 Å². The average Bonchev–Trinajstić information content (AvgIpc) is 2.50. The predicted molar refractivity (Wildman–Crippen MR) is 99.0 cm³/mol. The summed E-state index contributed by atoms with van der Waals surface area (Å²) in [5.41, 5.74) is 3.61. The van der Waals surface area contributed by atoms with Gasteiger partial charge in [-0.1, -0.05) is 28.9 Å². The van der Waals surface area contributed by atoms with Crippen molar-refractivity contribution in [3.05, 3.63) is 34.9 Å². The van der Waals surface area contributed by atoms with Gasteiger partial charge >= 0.3 is 11.9 Å². The average molecular weight is 352 g/mol. The summed E-state index contributed by atoms with van der Waals surface area (Å²) >= 11 is 0. The molecule has 0 saturated heterocycles. The zero-order valence-corrected chi connectivity index (χ0v) is 16.1. The van der Waals surface area contributed by atoms with Gasteiger partial charge in [-0.15, -0.1) is 0 Å². The summed E-state index contributed by atoms with van der Waals surface area (Å²) < 4.78 is 9.56. The molecule has 0 rings (SSSR count). The molecule has 142 valence electrons. The number of esters is 2. The van der Waals surface area contributed by atoms with Gasteiger partial charge in [0.2, 0.25) is 0 Å². The lowest BCUT2D eigenvalue weighted by molar-refractivity contribution is -0.148. The molecule has 0 aromatic rings. The summed E-state index contributed by atoms with van der Waals surface area (Å²) in [7, 11) is 0. The van der Waals surface area contributed by atoms with Crippen molar-refractivity contribution in [3.63, 3.8) is 0 Å². The number of aliphatic hydroxyl groups is 1. The number of allylic oxidation sites excluding steroid dienone is 5. The Morgan fingerprint density at radius 2 is 1.44 bits per heavy atom. The highest BCUT2D eigenvalue weighted by atomic mass is 16.6. The van der Waals surface area contributed by atoms with Gasteiger partial charge in [0.05, 0.1) is 0 Å². The molecule has 25 heavy (non-hydrogen) atoms. The van der Waals surface area contributed by atoms with Gasteiger partial charge in [0, 0.05) is 13.0 Å². The Labute approximate surface area is 151 Å². The molecular formula is C20H32O5. The number of carbonyl (C=O) groups is 2. The normalized spacial score (nSPS) is 13.2. The predicted octanol–water partition coefficient (Wildman–Crippen LogP) is 3.87. The SMILES string of the molecule is CC(=O)OCC(O)COC(=O)/C=C(\C)CC/C=C(\C)CCC=C(C)C. The maximum atomic E-state index is 11.7. The number of rotatable bonds is 11. The number of ether oxygens (including phenoxy) is 2. The summed E-state index contributed by atoms with van der Waals surface area (Å²) in [5.74, 6) is -0.978. The molecule has 0 radical (unpaired) electrons. The Balaban J connectivity index is 4.07. The number of carbonyl (C=O) groups excluding carboxylic acids is 2. The molecular weight excluding hydrogens is 320 g/mol. The van der Waals surface area contributed by atoms with E-state index in [1.54, 1.807) is 0 Å². The van der Waals surface area contributed by atoms with E-state index >= 15 is 0 Å². The standard InChI is InChI=1S/C20H32O5/c1-15(2)8-6-9-16(3)10-7-11-17(4)12-20(23)25-14-19(22)13-24-18(5)21/h8,10,12,19,22H,6-7,9,11,13-14H2,1-5H3/b16-10+,17-12+. The molecule has 0 amide bonds. The molecule has 5 heteroatoms. The highest BCUT2D eigenvalue weighted by molar-refractivity contribution is 5.82. The second-order valence-electron chi connectivity index (χ2n) is 6.49. The lowest BCUT2D eigenvalue weighted by Gasteiger charge is -2.10. The van der Waals surface area contributed by atoms with Gasteiger partial charge in [0.25, 0.3) is 0 Å². The second-order valence-corrected chi connectivity index (χ2v) is 6.49. The molecule has 1 unspecified atom stereocenters. The van der Waals surface area contributed by atoms with Crippen molar-refractivity contribution >= 4 is 11.9 Å². The fraction of sp³-hybridized carbons (Fsp3) is 0.600. The summed E-state index contributed by atoms with van der Waals surface area (Å²) in [6.45, 7) is 9.08. The molecule has 0 aliphatic rings. The van der Waals surface area contributed by atoms with E-state index in [0.717, 1.165) is 31.3 Å². The zero-order valence-electron chi connectivity index (χ0n) is 16.1. The van der Waals surface area contributed by atoms with E-state index in [2.05, 4.69) is 37.7 Å². The maximum Gasteiger partial charge on any atom is 0.330 e. The van der Waals surface area contributed by atoms with Gasteiger partial charge in [-0.25, -0.2) is 4.79 Å². The number of aliphatic hydroxyl groups excluding tert-OH is 1. The fourth-order valence-electron chi connectivity index (χ4n) is 1.99. The van der Waals surface area contributed by atoms with E-state index in [9.17, 15) is 14.7 Å². The number of hydrogen-bond donors (Lipinski definition) is 1. The van der Waals surface area contributed by atoms with Crippen molar-refractivity contribution in [2.24, 2.45) is 0 Å². The van der Waals surface area contributed by atoms with E-state index in [4.69, 9.17) is 4.74 Å². The van der Waals surface area contributed by atoms with Crippen LogP contribution in [0.2, 0.25) is 0 Å². The third-order valence-corrected chi connectivity index (χ3v) is 3.38. The van der Waals surface area contributed by atoms with Crippen LogP contribution in [0.25, 0.3) is 0 Å². The van der Waals surface area contributed by atoms with E-state index in [1.165, 1.54) is 24.1 Å². The van der Waals surface area contributed by atoms with Crippen LogP contribution in [0.15, 0.2) is 34.9 Å². The van der Waals surface area contributed by atoms with Crippen molar-refractivity contribution in [3.8, 4) is 0 Å². The van der Waals surface area contributed by atoms with Crippen LogP contribution in [0.5, 0.6) is 0 Å². The van der Waals surface area contributed by atoms with Crippen LogP contribution >= 0.6 is 0 Å². The van der Waals surface area contributed by atoms with Crippen LogP contribution in [-0.4, -0.2) is 36.4 Å². The molecule has 1 N–H and O–H groups in total. The highest BCUT2D eigenvalue weighted by Gasteiger charge is 2.09. The third-order valence-electron chi connectivity index (χ3n) is 3.38. The highest BCUT2D eigenvalue weighted by Crippen LogP contribution is 2.11. The minimum atomic E-state index is -1.01. The Hall–Kier alpha value is -1.88. The number of hydrogen-bond acceptors (Lipinski definition) is 5. The first-order chi connectivity index (χ1) is 11.7. The molecule has 1 atom stereocenters. The summed E-state index contributed by atoms with van der Waals surface area (Å²) in [6.07, 6.45) is 8.63. The fourth-order valence-corrected chi connectivity index (χ4v) is 1.99. The molecule has 0 saturated carbocycles. The molecule has 0 aliphatic carbocycles. The van der Waals surface area contributed by atoms with Crippen molar-refractivity contribution < 1.29 is 24.2 Å². The van der Waals surface area contributed by atoms with Crippen molar-refractivity contribution in [1.82, 2.24) is 0 Å². The molecule has 0 aromatic heterocycles. The monoisotopic (exact) mass is 352 g/mol. The lowest BCUT2D eigenvalue weighted by atomic mass is 10.1. The van der Waals surface area contributed by atoms with Crippen molar-refractivity contribution in [1.29, 1.82) is 0 Å². The first kappa shape index (κ1) is 23.1. The Morgan fingerprint density at radius 1 is 0.880 bits per heavy atom. The first-order valence-corrected chi connectivity index (χ1v) is 8.65. The molecule has 0 bridgehead atoms. The van der Waals surface area contributed by atoms with Gasteiger partial charge in [-0.05, 0) is 53.4 Å². The Bertz CT molecular complexity index is 510. The van der Waals surface area contributed by atoms with Gasteiger partial charge in [0.1, 0.15) is 19.3 Å². The smallest absolute Gasteiger partial charge is 0.330 e. The van der Waals surface area contributed by atoms with Gasteiger partial charge in [-0.3, -0.25) is 4.79 Å². The molecule has 0 fully saturated rings. The van der Waals surface area contributed by atoms with Gasteiger partial charge in [-0.2, -0.15) is 0 Å². The van der Waals surface area contributed by atoms with Gasteiger partial charge in [0.15, 0.2) is 0 Å². The van der Waals surface area contributed by atoms with Crippen LogP contribution in [0.3, 0.4) is 0 Å². The van der Waals surface area contributed by atoms with E-state index < -0.39 is 18.0 Å². The van der Waals surface area contributed by atoms with E-state index in [0.29, 0.717) is 0 Å². The largest absolute Gasteiger partial charge is 0.463 e. The molecule has 0 spiro atoms. The summed E-state index contributed by atoms with van der Waals surface area (Å²) in [5, 5.41) is 9.50. The minimum Gasteiger partial charge on any atom is -0.463 e. The van der Waals surface area contributed by atoms with Crippen LogP contribution in [0, 0.1) is 0 Å². The van der Waals surface area contributed by atoms with Crippen LogP contribution in [0.1, 0.15) is 60.3 Å². The third kappa shape index (κ3) is 15.4. The molecule has 0 heterocycles. The second kappa shape index (κ2) is 13.4. The quantitative estimate of drug-likeness (QED) is 0.347. The zero-order chi connectivity index (χ0) is 19.2. The van der Waals surface area contributed by atoms with Crippen LogP contribution < -0.4 is 0 Å². The van der Waals surface area contributed by atoms with E-state index in [-0.39, 0.29) is 13.2 Å². The van der Waals surface area contributed by atoms with Crippen LogP contribution in [0.4, 0.5) is 0 Å². The Morgan fingerprint density at radius 3 is 2.04 bits per heavy atom. The molecule has 5 nitrogen and oxygen atoms in total. The summed E-state index contributed by atoms with van der Waals surface area (Å²) in [4.78, 5) is 22.3. The first-order valence-electron chi connectivity index (χ1n) is 8.65. The van der Waals surface area contributed by atoms with Crippen LogP contribution in [-0.2, 0) is 19.1 Å². The summed E-state index contributed by atoms with van der Waals surface area (Å²) in [6, 6.07) is 0. The Kier molecular flexibility index (Phi) is 12.4. The molecule has 0 aromatic carbocycles. The maximum absolute atomic E-state index is 11.7. The van der Waals surface area contributed by atoms with Crippen molar-refractivity contribution in [2.45, 2.75) is 66.4 Å². The van der Waals surface area contributed by atoms with Crippen molar-refractivity contribution in [2.75, 3.05) is 13.2 Å².